The molecule has 0 bridgehead atoms. The first kappa shape index (κ1) is 23.6. The number of allylic oxidation sites excluding steroid dienone is 2. The minimum absolute atomic E-state index is 0.214. The zero-order chi connectivity index (χ0) is 23.3. The largest absolute Gasteiger partial charge is 0.453 e. The first-order chi connectivity index (χ1) is 15.2. The highest BCUT2D eigenvalue weighted by atomic mass is 16.6. The van der Waals surface area contributed by atoms with Gasteiger partial charge in [0.15, 0.2) is 0 Å². The molecule has 10 nitrogen and oxygen atoms in total. The number of hydrogen-bond acceptors (Lipinski definition) is 8. The molecule has 2 unspecified atom stereocenters. The van der Waals surface area contributed by atoms with Crippen LogP contribution in [-0.2, 0) is 9.47 Å². The van der Waals surface area contributed by atoms with Crippen LogP contribution in [0.5, 0.6) is 0 Å². The third kappa shape index (κ3) is 5.98. The van der Waals surface area contributed by atoms with E-state index in [1.54, 1.807) is 0 Å². The molecule has 1 aliphatic carbocycles. The summed E-state index contributed by atoms with van der Waals surface area (Å²) in [5, 5.41) is 22.3. The van der Waals surface area contributed by atoms with Crippen molar-refractivity contribution in [2.45, 2.75) is 32.3 Å². The van der Waals surface area contributed by atoms with Crippen LogP contribution in [0.2, 0.25) is 0 Å². The molecule has 0 radical (unpaired) electrons. The van der Waals surface area contributed by atoms with Gasteiger partial charge in [-0.2, -0.15) is 0 Å². The molecule has 1 fully saturated rings. The maximum Gasteiger partial charge on any atom is 0.339 e. The van der Waals surface area contributed by atoms with Crippen molar-refractivity contribution in [1.29, 1.82) is 0 Å². The lowest BCUT2D eigenvalue weighted by Gasteiger charge is -2.33. The highest BCUT2D eigenvalue weighted by molar-refractivity contribution is 5.91. The van der Waals surface area contributed by atoms with Gasteiger partial charge in [0.2, 0.25) is 0 Å². The van der Waals surface area contributed by atoms with Crippen molar-refractivity contribution < 1.29 is 24.1 Å². The van der Waals surface area contributed by atoms with Crippen molar-refractivity contribution in [3.8, 4) is 0 Å². The summed E-state index contributed by atoms with van der Waals surface area (Å²) in [5.41, 5.74) is 0.830. The lowest BCUT2D eigenvalue weighted by atomic mass is 9.84. The molecule has 10 heteroatoms. The predicted octanol–water partition coefficient (Wildman–Crippen LogP) is 3.66. The standard InChI is InChI=1S/C22H27N3O7/c1-15(2)16-3-5-17(6-4-16)21(14-23-7-9-31-10-8-23)32-22(26)18-11-19(24(27)28)13-20(12-18)25(29)30/h5,11-13,16,21H,1,3-4,6-10,14H2,2H3. The number of carbonyl (C=O) groups is 1. The van der Waals surface area contributed by atoms with Gasteiger partial charge in [0.05, 0.1) is 34.7 Å². The smallest absolute Gasteiger partial charge is 0.339 e. The lowest BCUT2D eigenvalue weighted by Crippen LogP contribution is -2.43. The number of morpholine rings is 1. The van der Waals surface area contributed by atoms with Crippen LogP contribution < -0.4 is 0 Å². The molecule has 32 heavy (non-hydrogen) atoms. The summed E-state index contributed by atoms with van der Waals surface area (Å²) >= 11 is 0. The predicted molar refractivity (Wildman–Crippen MR) is 116 cm³/mol. The van der Waals surface area contributed by atoms with E-state index in [1.807, 2.05) is 6.92 Å². The summed E-state index contributed by atoms with van der Waals surface area (Å²) in [6.07, 6.45) is 3.99. The van der Waals surface area contributed by atoms with Crippen LogP contribution in [-0.4, -0.2) is 59.7 Å². The molecule has 0 aromatic heterocycles. The van der Waals surface area contributed by atoms with Crippen LogP contribution in [0, 0.1) is 26.1 Å². The van der Waals surface area contributed by atoms with Gasteiger partial charge in [-0.15, -0.1) is 0 Å². The van der Waals surface area contributed by atoms with Crippen molar-refractivity contribution in [2.75, 3.05) is 32.8 Å². The number of rotatable bonds is 8. The number of nitro benzene ring substituents is 2. The monoisotopic (exact) mass is 445 g/mol. The average molecular weight is 445 g/mol. The molecule has 172 valence electrons. The number of hydrogen-bond donors (Lipinski definition) is 0. The van der Waals surface area contributed by atoms with Crippen molar-refractivity contribution in [1.82, 2.24) is 4.90 Å². The summed E-state index contributed by atoms with van der Waals surface area (Å²) in [6, 6.07) is 2.84. The number of non-ortho nitro benzene ring substituents is 2. The summed E-state index contributed by atoms with van der Waals surface area (Å²) in [5.74, 6) is -0.434. The van der Waals surface area contributed by atoms with Gasteiger partial charge in [0.1, 0.15) is 6.10 Å². The Morgan fingerprint density at radius 1 is 1.22 bits per heavy atom. The number of benzene rings is 1. The fraction of sp³-hybridized carbons (Fsp3) is 0.500. The normalized spacial score (nSPS) is 20.2. The Kier molecular flexibility index (Phi) is 7.70. The Morgan fingerprint density at radius 2 is 1.84 bits per heavy atom. The zero-order valence-electron chi connectivity index (χ0n) is 18.0. The molecule has 2 atom stereocenters. The van der Waals surface area contributed by atoms with Crippen LogP contribution in [0.4, 0.5) is 11.4 Å². The Labute approximate surface area is 185 Å². The maximum absolute atomic E-state index is 12.9. The quantitative estimate of drug-likeness (QED) is 0.257. The van der Waals surface area contributed by atoms with Crippen LogP contribution in [0.3, 0.4) is 0 Å². The van der Waals surface area contributed by atoms with E-state index >= 15 is 0 Å². The number of nitro groups is 2. The molecular formula is C22H27N3O7. The van der Waals surface area contributed by atoms with Crippen molar-refractivity contribution in [2.24, 2.45) is 5.92 Å². The van der Waals surface area contributed by atoms with Gasteiger partial charge in [-0.05, 0) is 37.7 Å². The second-order valence-electron chi connectivity index (χ2n) is 8.16. The molecule has 1 aromatic rings. The molecule has 0 saturated carbocycles. The zero-order valence-corrected chi connectivity index (χ0v) is 18.0. The van der Waals surface area contributed by atoms with E-state index in [-0.39, 0.29) is 5.56 Å². The first-order valence-electron chi connectivity index (χ1n) is 10.5. The summed E-state index contributed by atoms with van der Waals surface area (Å²) in [6.45, 7) is 9.10. The summed E-state index contributed by atoms with van der Waals surface area (Å²) in [4.78, 5) is 35.8. The Balaban J connectivity index is 1.83. The van der Waals surface area contributed by atoms with E-state index in [1.165, 1.54) is 0 Å². The Bertz CT molecular complexity index is 905. The highest BCUT2D eigenvalue weighted by Gasteiger charge is 2.28. The fourth-order valence-electron chi connectivity index (χ4n) is 3.96. The SMILES string of the molecule is C=C(C)C1CC=C(C(CN2CCOCC2)OC(=O)c2cc([N+](=O)[O-])cc([N+](=O)[O-])c2)CC1. The van der Waals surface area contributed by atoms with Crippen molar-refractivity contribution in [3.63, 3.8) is 0 Å². The third-order valence-corrected chi connectivity index (χ3v) is 5.89. The third-order valence-electron chi connectivity index (χ3n) is 5.89. The van der Waals surface area contributed by atoms with Crippen LogP contribution >= 0.6 is 0 Å². The molecular weight excluding hydrogens is 418 g/mol. The molecule has 3 rings (SSSR count). The lowest BCUT2D eigenvalue weighted by molar-refractivity contribution is -0.394. The van der Waals surface area contributed by atoms with Crippen molar-refractivity contribution in [3.05, 3.63) is 67.8 Å². The fourth-order valence-corrected chi connectivity index (χ4v) is 3.96. The minimum atomic E-state index is -0.821. The molecule has 0 N–H and O–H groups in total. The summed E-state index contributed by atoms with van der Waals surface area (Å²) < 4.78 is 11.2. The van der Waals surface area contributed by atoms with Crippen LogP contribution in [0.15, 0.2) is 42.0 Å². The van der Waals surface area contributed by atoms with Crippen LogP contribution in [0.25, 0.3) is 0 Å². The summed E-state index contributed by atoms with van der Waals surface area (Å²) in [7, 11) is 0. The minimum Gasteiger partial charge on any atom is -0.453 e. The Hall–Kier alpha value is -3.11. The molecule has 1 saturated heterocycles. The van der Waals surface area contributed by atoms with Gasteiger partial charge in [0, 0.05) is 31.8 Å². The van der Waals surface area contributed by atoms with Gasteiger partial charge in [-0.25, -0.2) is 4.79 Å². The number of carbonyl (C=O) groups excluding carboxylic acids is 1. The van der Waals surface area contributed by atoms with Crippen molar-refractivity contribution >= 4 is 17.3 Å². The van der Waals surface area contributed by atoms with Gasteiger partial charge < -0.3 is 9.47 Å². The molecule has 0 spiro atoms. The van der Waals surface area contributed by atoms with E-state index in [2.05, 4.69) is 17.6 Å². The van der Waals surface area contributed by atoms with Gasteiger partial charge in [-0.1, -0.05) is 18.2 Å². The molecule has 1 heterocycles. The molecule has 2 aliphatic rings. The Morgan fingerprint density at radius 3 is 2.34 bits per heavy atom. The van der Waals surface area contributed by atoms with Gasteiger partial charge in [-0.3, -0.25) is 25.1 Å². The number of ether oxygens (including phenoxy) is 2. The van der Waals surface area contributed by atoms with Gasteiger partial charge in [0.25, 0.3) is 11.4 Å². The molecule has 1 aliphatic heterocycles. The van der Waals surface area contributed by atoms with E-state index in [4.69, 9.17) is 9.47 Å². The maximum atomic E-state index is 12.9. The van der Waals surface area contributed by atoms with E-state index in [9.17, 15) is 25.0 Å². The molecule has 0 amide bonds. The second kappa shape index (κ2) is 10.5. The first-order valence-corrected chi connectivity index (χ1v) is 10.5. The van der Waals surface area contributed by atoms with Crippen LogP contribution in [0.1, 0.15) is 36.5 Å². The molecule has 1 aromatic carbocycles. The second-order valence-corrected chi connectivity index (χ2v) is 8.16. The van der Waals surface area contributed by atoms with E-state index in [0.29, 0.717) is 38.8 Å². The topological polar surface area (TPSA) is 125 Å². The van der Waals surface area contributed by atoms with E-state index < -0.39 is 33.3 Å². The number of nitrogens with zero attached hydrogens (tertiary/aromatic N) is 3. The average Bonchev–Trinajstić information content (AvgIpc) is 2.79. The number of esters is 1. The van der Waals surface area contributed by atoms with E-state index in [0.717, 1.165) is 48.6 Å². The highest BCUT2D eigenvalue weighted by Crippen LogP contribution is 2.31. The van der Waals surface area contributed by atoms with Gasteiger partial charge >= 0.3 is 5.97 Å².